The van der Waals surface area contributed by atoms with Crippen LogP contribution in [0.5, 0.6) is 0 Å². The van der Waals surface area contributed by atoms with Gasteiger partial charge in [0.15, 0.2) is 0 Å². The Labute approximate surface area is 107 Å². The summed E-state index contributed by atoms with van der Waals surface area (Å²) < 4.78 is 0. The fraction of sp³-hybridized carbons (Fsp3) is 0.500. The number of nitrogens with one attached hydrogen (secondary N) is 1. The molecule has 96 valence electrons. The van der Waals surface area contributed by atoms with Crippen LogP contribution >= 0.6 is 0 Å². The van der Waals surface area contributed by atoms with Gasteiger partial charge in [-0.2, -0.15) is 0 Å². The summed E-state index contributed by atoms with van der Waals surface area (Å²) in [5.74, 6) is 0.0911. The molecule has 2 atom stereocenters. The van der Waals surface area contributed by atoms with Crippen molar-refractivity contribution < 1.29 is 4.79 Å². The molecular weight excluding hydrogens is 226 g/mol. The molecular formula is C14H19N3O. The maximum Gasteiger partial charge on any atom is 0.246 e. The van der Waals surface area contributed by atoms with Crippen LogP contribution in [0.2, 0.25) is 0 Å². The van der Waals surface area contributed by atoms with E-state index in [1.54, 1.807) is 0 Å². The number of para-hydroxylation sites is 1. The quantitative estimate of drug-likeness (QED) is 0.786. The molecule has 0 bridgehead atoms. The van der Waals surface area contributed by atoms with Gasteiger partial charge in [0, 0.05) is 23.8 Å². The molecule has 2 aliphatic rings. The Balaban J connectivity index is 1.94. The van der Waals surface area contributed by atoms with E-state index in [0.29, 0.717) is 0 Å². The van der Waals surface area contributed by atoms with Crippen LogP contribution in [-0.4, -0.2) is 29.9 Å². The first kappa shape index (κ1) is 11.7. The molecule has 3 rings (SSSR count). The highest BCUT2D eigenvalue weighted by molar-refractivity contribution is 6.03. The summed E-state index contributed by atoms with van der Waals surface area (Å²) in [6, 6.07) is 6.14. The standard InChI is InChI=1S/C14H19N3O/c1-9-4-2-6-11-12(9)16-14(18)13(11)17-7-3-5-10(15)8-17/h2,4,6,10,13H,3,5,7-8,15H2,1H3,(H,16,18). The Morgan fingerprint density at radius 3 is 3.06 bits per heavy atom. The fourth-order valence-electron chi connectivity index (χ4n) is 3.06. The number of nitrogens with zero attached hydrogens (tertiary/aromatic N) is 1. The van der Waals surface area contributed by atoms with Gasteiger partial charge in [-0.3, -0.25) is 9.69 Å². The highest BCUT2D eigenvalue weighted by Crippen LogP contribution is 2.37. The lowest BCUT2D eigenvalue weighted by atomic mass is 9.99. The van der Waals surface area contributed by atoms with Gasteiger partial charge in [-0.15, -0.1) is 0 Å². The number of fused-ring (bicyclic) bond motifs is 1. The molecule has 2 aliphatic heterocycles. The molecule has 2 heterocycles. The number of nitrogens with two attached hydrogens (primary N) is 1. The van der Waals surface area contributed by atoms with E-state index in [2.05, 4.69) is 10.2 Å². The van der Waals surface area contributed by atoms with E-state index in [9.17, 15) is 4.79 Å². The third kappa shape index (κ3) is 1.82. The van der Waals surface area contributed by atoms with Crippen LogP contribution in [0.25, 0.3) is 0 Å². The molecule has 1 aromatic carbocycles. The predicted octanol–water partition coefficient (Wildman–Crippen LogP) is 1.41. The van der Waals surface area contributed by atoms with Crippen LogP contribution in [0, 0.1) is 6.92 Å². The number of carbonyl (C=O) groups excluding carboxylic acids is 1. The van der Waals surface area contributed by atoms with Crippen molar-refractivity contribution in [3.63, 3.8) is 0 Å². The summed E-state index contributed by atoms with van der Waals surface area (Å²) >= 11 is 0. The van der Waals surface area contributed by atoms with Gasteiger partial charge in [0.05, 0.1) is 0 Å². The summed E-state index contributed by atoms with van der Waals surface area (Å²) in [5, 5.41) is 3.01. The fourth-order valence-corrected chi connectivity index (χ4v) is 3.06. The number of hydrogen-bond acceptors (Lipinski definition) is 3. The van der Waals surface area contributed by atoms with Crippen LogP contribution < -0.4 is 11.1 Å². The molecule has 1 amide bonds. The molecule has 3 N–H and O–H groups in total. The molecule has 4 heteroatoms. The molecule has 0 radical (unpaired) electrons. The van der Waals surface area contributed by atoms with E-state index in [0.717, 1.165) is 42.7 Å². The lowest BCUT2D eigenvalue weighted by Crippen LogP contribution is -2.46. The molecule has 1 saturated heterocycles. The number of likely N-dealkylation sites (tertiary alicyclic amines) is 1. The number of anilines is 1. The zero-order chi connectivity index (χ0) is 12.7. The van der Waals surface area contributed by atoms with E-state index in [4.69, 9.17) is 5.73 Å². The first-order valence-corrected chi connectivity index (χ1v) is 6.57. The molecule has 0 aliphatic carbocycles. The highest BCUT2D eigenvalue weighted by Gasteiger charge is 2.37. The summed E-state index contributed by atoms with van der Waals surface area (Å²) in [5.41, 5.74) is 9.24. The van der Waals surface area contributed by atoms with E-state index >= 15 is 0 Å². The number of hydrogen-bond donors (Lipinski definition) is 2. The maximum atomic E-state index is 12.2. The largest absolute Gasteiger partial charge is 0.327 e. The summed E-state index contributed by atoms with van der Waals surface area (Å²) in [6.07, 6.45) is 2.14. The molecule has 1 fully saturated rings. The Bertz CT molecular complexity index is 486. The van der Waals surface area contributed by atoms with Gasteiger partial charge < -0.3 is 11.1 Å². The smallest absolute Gasteiger partial charge is 0.246 e. The lowest BCUT2D eigenvalue weighted by Gasteiger charge is -2.34. The molecule has 4 nitrogen and oxygen atoms in total. The number of piperidine rings is 1. The van der Waals surface area contributed by atoms with Crippen LogP contribution in [0.15, 0.2) is 18.2 Å². The van der Waals surface area contributed by atoms with Crippen molar-refractivity contribution in [3.05, 3.63) is 29.3 Å². The van der Waals surface area contributed by atoms with Gasteiger partial charge in [-0.25, -0.2) is 0 Å². The molecule has 0 aromatic heterocycles. The lowest BCUT2D eigenvalue weighted by molar-refractivity contribution is -0.121. The first-order valence-electron chi connectivity index (χ1n) is 6.57. The predicted molar refractivity (Wildman–Crippen MR) is 71.3 cm³/mol. The van der Waals surface area contributed by atoms with Gasteiger partial charge >= 0.3 is 0 Å². The van der Waals surface area contributed by atoms with Crippen LogP contribution in [0.4, 0.5) is 5.69 Å². The van der Waals surface area contributed by atoms with Crippen molar-refractivity contribution in [1.82, 2.24) is 4.90 Å². The Morgan fingerprint density at radius 1 is 1.44 bits per heavy atom. The van der Waals surface area contributed by atoms with E-state index in [-0.39, 0.29) is 18.0 Å². The highest BCUT2D eigenvalue weighted by atomic mass is 16.2. The van der Waals surface area contributed by atoms with Gasteiger partial charge in [0.2, 0.25) is 5.91 Å². The average Bonchev–Trinajstić information content (AvgIpc) is 2.67. The molecule has 18 heavy (non-hydrogen) atoms. The summed E-state index contributed by atoms with van der Waals surface area (Å²) in [6.45, 7) is 3.80. The zero-order valence-corrected chi connectivity index (χ0v) is 10.6. The van der Waals surface area contributed by atoms with Crippen LogP contribution in [0.3, 0.4) is 0 Å². The van der Waals surface area contributed by atoms with Crippen molar-refractivity contribution in [2.75, 3.05) is 18.4 Å². The number of amides is 1. The number of benzene rings is 1. The Kier molecular flexibility index (Phi) is 2.84. The van der Waals surface area contributed by atoms with Crippen LogP contribution in [0.1, 0.15) is 30.0 Å². The SMILES string of the molecule is Cc1cccc2c1NC(=O)C2N1CCCC(N)C1. The minimum atomic E-state index is -0.147. The third-order valence-electron chi connectivity index (χ3n) is 3.95. The zero-order valence-electron chi connectivity index (χ0n) is 10.6. The number of rotatable bonds is 1. The van der Waals surface area contributed by atoms with Gasteiger partial charge in [-0.05, 0) is 31.9 Å². The van der Waals surface area contributed by atoms with E-state index in [1.807, 2.05) is 25.1 Å². The van der Waals surface area contributed by atoms with Crippen molar-refractivity contribution in [2.24, 2.45) is 5.73 Å². The second-order valence-electron chi connectivity index (χ2n) is 5.33. The van der Waals surface area contributed by atoms with Gasteiger partial charge in [0.25, 0.3) is 0 Å². The second-order valence-corrected chi connectivity index (χ2v) is 5.33. The van der Waals surface area contributed by atoms with Crippen molar-refractivity contribution >= 4 is 11.6 Å². The normalized spacial score (nSPS) is 28.0. The van der Waals surface area contributed by atoms with E-state index < -0.39 is 0 Å². The summed E-state index contributed by atoms with van der Waals surface area (Å²) in [7, 11) is 0. The summed E-state index contributed by atoms with van der Waals surface area (Å²) in [4.78, 5) is 14.4. The Hall–Kier alpha value is -1.39. The van der Waals surface area contributed by atoms with Crippen LogP contribution in [-0.2, 0) is 4.79 Å². The average molecular weight is 245 g/mol. The third-order valence-corrected chi connectivity index (χ3v) is 3.95. The molecule has 2 unspecified atom stereocenters. The molecule has 0 saturated carbocycles. The Morgan fingerprint density at radius 2 is 2.28 bits per heavy atom. The maximum absolute atomic E-state index is 12.2. The minimum absolute atomic E-state index is 0.0911. The van der Waals surface area contributed by atoms with Crippen molar-refractivity contribution in [1.29, 1.82) is 0 Å². The number of carbonyl (C=O) groups is 1. The topological polar surface area (TPSA) is 58.4 Å². The second kappa shape index (κ2) is 4.37. The van der Waals surface area contributed by atoms with Crippen molar-refractivity contribution in [2.45, 2.75) is 31.8 Å². The molecule has 1 aromatic rings. The molecule has 0 spiro atoms. The first-order chi connectivity index (χ1) is 8.66. The number of aryl methyl sites for hydroxylation is 1. The minimum Gasteiger partial charge on any atom is -0.327 e. The van der Waals surface area contributed by atoms with Gasteiger partial charge in [-0.1, -0.05) is 18.2 Å². The van der Waals surface area contributed by atoms with Gasteiger partial charge in [0.1, 0.15) is 6.04 Å². The monoisotopic (exact) mass is 245 g/mol. The van der Waals surface area contributed by atoms with Crippen molar-refractivity contribution in [3.8, 4) is 0 Å². The van der Waals surface area contributed by atoms with E-state index in [1.165, 1.54) is 0 Å².